The highest BCUT2D eigenvalue weighted by atomic mass is 127. The molecule has 0 fully saturated rings. The molecule has 0 saturated heterocycles. The number of nitrogens with zero attached hydrogens (tertiary/aromatic N) is 4. The summed E-state index contributed by atoms with van der Waals surface area (Å²) in [5, 5.41) is 9.81. The molecule has 0 radical (unpaired) electrons. The number of aromatic nitrogens is 1. The van der Waals surface area contributed by atoms with E-state index in [2.05, 4.69) is 65.5 Å². The number of nitrogens with one attached hydrogen (secondary N) is 2. The van der Waals surface area contributed by atoms with Gasteiger partial charge < -0.3 is 15.5 Å². The molecule has 1 aromatic rings. The summed E-state index contributed by atoms with van der Waals surface area (Å²) in [5.41, 5.74) is 1.01. The summed E-state index contributed by atoms with van der Waals surface area (Å²) in [4.78, 5) is 13.7. The number of aliphatic imine (C=N–C) groups is 1. The second-order valence-electron chi connectivity index (χ2n) is 6.56. The molecule has 6 nitrogen and oxygen atoms in total. The van der Waals surface area contributed by atoms with Gasteiger partial charge in [0.15, 0.2) is 11.1 Å². The van der Waals surface area contributed by atoms with Crippen molar-refractivity contribution in [2.24, 2.45) is 4.99 Å². The summed E-state index contributed by atoms with van der Waals surface area (Å²) in [6.07, 6.45) is 0. The molecule has 0 atom stereocenters. The molecular weight excluding hydrogens is 447 g/mol. The van der Waals surface area contributed by atoms with Gasteiger partial charge >= 0.3 is 0 Å². The van der Waals surface area contributed by atoms with Crippen molar-refractivity contribution >= 4 is 46.4 Å². The summed E-state index contributed by atoms with van der Waals surface area (Å²) < 4.78 is 0. The quantitative estimate of drug-likeness (QED) is 0.322. The van der Waals surface area contributed by atoms with E-state index in [9.17, 15) is 0 Å². The van der Waals surface area contributed by atoms with Gasteiger partial charge in [-0.25, -0.2) is 9.98 Å². The second-order valence-corrected chi connectivity index (χ2v) is 7.40. The predicted octanol–water partition coefficient (Wildman–Crippen LogP) is 3.00. The Morgan fingerprint density at radius 3 is 2.32 bits per heavy atom. The van der Waals surface area contributed by atoms with Gasteiger partial charge in [0.2, 0.25) is 0 Å². The van der Waals surface area contributed by atoms with Gasteiger partial charge in [0, 0.05) is 51.2 Å². The molecule has 25 heavy (non-hydrogen) atoms. The number of thiazole rings is 1. The Kier molecular flexibility index (Phi) is 12.4. The van der Waals surface area contributed by atoms with Crippen molar-refractivity contribution in [3.05, 3.63) is 11.1 Å². The van der Waals surface area contributed by atoms with E-state index in [4.69, 9.17) is 0 Å². The summed E-state index contributed by atoms with van der Waals surface area (Å²) in [6, 6.07) is 1.09. The minimum Gasteiger partial charge on any atom is -0.357 e. The monoisotopic (exact) mass is 482 g/mol. The van der Waals surface area contributed by atoms with Crippen LogP contribution in [0.1, 0.15) is 40.3 Å². The first kappa shape index (κ1) is 24.4. The molecule has 8 heteroatoms. The van der Waals surface area contributed by atoms with Crippen molar-refractivity contribution in [2.45, 2.75) is 53.2 Å². The molecule has 1 aromatic heterocycles. The maximum atomic E-state index is 4.64. The lowest BCUT2D eigenvalue weighted by Crippen LogP contribution is -2.45. The van der Waals surface area contributed by atoms with Gasteiger partial charge in [-0.15, -0.1) is 35.3 Å². The smallest absolute Gasteiger partial charge is 0.191 e. The number of hydrogen-bond acceptors (Lipinski definition) is 5. The van der Waals surface area contributed by atoms with Gasteiger partial charge in [-0.3, -0.25) is 4.90 Å². The van der Waals surface area contributed by atoms with Crippen molar-refractivity contribution in [2.75, 3.05) is 38.6 Å². The van der Waals surface area contributed by atoms with Crippen molar-refractivity contribution in [3.8, 4) is 0 Å². The Morgan fingerprint density at radius 2 is 1.84 bits per heavy atom. The minimum atomic E-state index is 0. The summed E-state index contributed by atoms with van der Waals surface area (Å²) in [7, 11) is 4.01. The SMILES string of the molecule is CCNC(=NCc1csc(N(C)C)n1)NCCN(C(C)C)C(C)C.I. The van der Waals surface area contributed by atoms with E-state index in [-0.39, 0.29) is 24.0 Å². The molecular formula is C17H35IN6S. The molecule has 1 heterocycles. The Hall–Kier alpha value is -0.610. The van der Waals surface area contributed by atoms with E-state index < -0.39 is 0 Å². The number of rotatable bonds is 9. The number of hydrogen-bond donors (Lipinski definition) is 2. The van der Waals surface area contributed by atoms with Crippen LogP contribution in [-0.2, 0) is 6.54 Å². The van der Waals surface area contributed by atoms with E-state index in [0.29, 0.717) is 18.6 Å². The lowest BCUT2D eigenvalue weighted by molar-refractivity contribution is 0.178. The first-order chi connectivity index (χ1) is 11.3. The zero-order chi connectivity index (χ0) is 18.1. The van der Waals surface area contributed by atoms with Crippen LogP contribution in [0.25, 0.3) is 0 Å². The minimum absolute atomic E-state index is 0. The van der Waals surface area contributed by atoms with Crippen LogP contribution in [0.5, 0.6) is 0 Å². The van der Waals surface area contributed by atoms with Gasteiger partial charge in [-0.1, -0.05) is 0 Å². The topological polar surface area (TPSA) is 55.8 Å². The molecule has 0 amide bonds. The van der Waals surface area contributed by atoms with Crippen molar-refractivity contribution in [1.29, 1.82) is 0 Å². The van der Waals surface area contributed by atoms with Gasteiger partial charge in [-0.2, -0.15) is 0 Å². The molecule has 0 aliphatic rings. The Bertz CT molecular complexity index is 493. The standard InChI is InChI=1S/C17H34N6S.HI/c1-8-18-16(19-9-10-23(13(2)3)14(4)5)20-11-15-12-24-17(21-15)22(6)7;/h12-14H,8-11H2,1-7H3,(H2,18,19,20);1H. The molecule has 0 spiro atoms. The summed E-state index contributed by atoms with van der Waals surface area (Å²) in [5.74, 6) is 0.851. The fourth-order valence-electron chi connectivity index (χ4n) is 2.49. The third kappa shape index (κ3) is 9.05. The molecule has 1 rings (SSSR count). The molecule has 0 aliphatic heterocycles. The van der Waals surface area contributed by atoms with Gasteiger partial charge in [0.25, 0.3) is 0 Å². The molecule has 0 bridgehead atoms. The number of halogens is 1. The van der Waals surface area contributed by atoms with Crippen LogP contribution in [0, 0.1) is 0 Å². The van der Waals surface area contributed by atoms with Crippen molar-refractivity contribution < 1.29 is 0 Å². The normalized spacial score (nSPS) is 11.8. The fourth-order valence-corrected chi connectivity index (χ4v) is 3.24. The van der Waals surface area contributed by atoms with Crippen LogP contribution in [0.3, 0.4) is 0 Å². The Balaban J connectivity index is 0.00000576. The number of guanidine groups is 1. The highest BCUT2D eigenvalue weighted by molar-refractivity contribution is 14.0. The first-order valence-electron chi connectivity index (χ1n) is 8.74. The third-order valence-corrected chi connectivity index (χ3v) is 4.71. The summed E-state index contributed by atoms with van der Waals surface area (Å²) >= 11 is 1.65. The largest absolute Gasteiger partial charge is 0.357 e. The molecule has 0 saturated carbocycles. The predicted molar refractivity (Wildman–Crippen MR) is 122 cm³/mol. The Morgan fingerprint density at radius 1 is 1.20 bits per heavy atom. The molecule has 0 aromatic carbocycles. The zero-order valence-corrected chi connectivity index (χ0v) is 19.8. The van der Waals surface area contributed by atoms with Crippen LogP contribution < -0.4 is 15.5 Å². The average Bonchev–Trinajstić information content (AvgIpc) is 2.97. The lowest BCUT2D eigenvalue weighted by atomic mass is 10.2. The van der Waals surface area contributed by atoms with E-state index in [1.807, 2.05) is 19.0 Å². The molecule has 0 aliphatic carbocycles. The van der Waals surface area contributed by atoms with Gasteiger partial charge in [0.05, 0.1) is 12.2 Å². The number of anilines is 1. The van der Waals surface area contributed by atoms with Crippen molar-refractivity contribution in [3.63, 3.8) is 0 Å². The van der Waals surface area contributed by atoms with Crippen LogP contribution in [-0.4, -0.2) is 61.7 Å². The van der Waals surface area contributed by atoms with E-state index in [0.717, 1.165) is 36.4 Å². The van der Waals surface area contributed by atoms with Crippen LogP contribution in [0.4, 0.5) is 5.13 Å². The van der Waals surface area contributed by atoms with E-state index in [1.54, 1.807) is 11.3 Å². The van der Waals surface area contributed by atoms with E-state index in [1.165, 1.54) is 0 Å². The lowest BCUT2D eigenvalue weighted by Gasteiger charge is -2.30. The van der Waals surface area contributed by atoms with E-state index >= 15 is 0 Å². The highest BCUT2D eigenvalue weighted by Gasteiger charge is 2.12. The molecule has 2 N–H and O–H groups in total. The van der Waals surface area contributed by atoms with Gasteiger partial charge in [0.1, 0.15) is 0 Å². The Labute approximate surface area is 174 Å². The second kappa shape index (κ2) is 12.7. The fraction of sp³-hybridized carbons (Fsp3) is 0.765. The third-order valence-electron chi connectivity index (χ3n) is 3.65. The van der Waals surface area contributed by atoms with Crippen molar-refractivity contribution in [1.82, 2.24) is 20.5 Å². The van der Waals surface area contributed by atoms with Crippen LogP contribution in [0.15, 0.2) is 10.4 Å². The first-order valence-corrected chi connectivity index (χ1v) is 9.62. The van der Waals surface area contributed by atoms with Crippen LogP contribution >= 0.6 is 35.3 Å². The zero-order valence-electron chi connectivity index (χ0n) is 16.7. The van der Waals surface area contributed by atoms with Crippen LogP contribution in [0.2, 0.25) is 0 Å². The summed E-state index contributed by atoms with van der Waals surface area (Å²) in [6.45, 7) is 14.4. The van der Waals surface area contributed by atoms with Gasteiger partial charge in [-0.05, 0) is 34.6 Å². The molecule has 0 unspecified atom stereocenters. The molecule has 146 valence electrons. The highest BCUT2D eigenvalue weighted by Crippen LogP contribution is 2.18. The maximum absolute atomic E-state index is 4.64. The maximum Gasteiger partial charge on any atom is 0.191 e. The average molecular weight is 482 g/mol.